The highest BCUT2D eigenvalue weighted by molar-refractivity contribution is 5.83. The van der Waals surface area contributed by atoms with E-state index in [2.05, 4.69) is 23.7 Å². The smallest absolute Gasteiger partial charge is 0.219 e. The highest BCUT2D eigenvalue weighted by Gasteiger charge is 2.46. The third kappa shape index (κ3) is 5.98. The van der Waals surface area contributed by atoms with E-state index in [1.807, 2.05) is 41.3 Å². The van der Waals surface area contributed by atoms with Crippen LogP contribution in [0.15, 0.2) is 36.4 Å². The van der Waals surface area contributed by atoms with Crippen molar-refractivity contribution in [3.63, 3.8) is 0 Å². The zero-order valence-electron chi connectivity index (χ0n) is 26.0. The minimum atomic E-state index is -1.52. The number of nitrogens with zero attached hydrogens (tertiary/aromatic N) is 1. The maximum atomic E-state index is 12.2. The topological polar surface area (TPSA) is 191 Å². The van der Waals surface area contributed by atoms with Gasteiger partial charge in [-0.25, -0.2) is 0 Å². The van der Waals surface area contributed by atoms with Crippen LogP contribution in [0, 0.1) is 35.5 Å². The second-order valence-electron chi connectivity index (χ2n) is 13.2. The van der Waals surface area contributed by atoms with Crippen LogP contribution in [0.4, 0.5) is 0 Å². The van der Waals surface area contributed by atoms with E-state index in [1.54, 1.807) is 6.92 Å². The molecule has 10 atom stereocenters. The summed E-state index contributed by atoms with van der Waals surface area (Å²) in [6.07, 6.45) is -8.91. The molecule has 0 aromatic heterocycles. The Morgan fingerprint density at radius 1 is 0.787 bits per heavy atom. The molecule has 2 aliphatic carbocycles. The van der Waals surface area contributed by atoms with E-state index in [9.17, 15) is 45.6 Å². The van der Waals surface area contributed by atoms with E-state index in [-0.39, 0.29) is 18.9 Å². The normalized spacial score (nSPS) is 34.0. The van der Waals surface area contributed by atoms with Crippen molar-refractivity contribution in [3.8, 4) is 34.8 Å². The first-order valence-electron chi connectivity index (χ1n) is 16.0. The van der Waals surface area contributed by atoms with Crippen LogP contribution in [0.25, 0.3) is 11.1 Å². The molecule has 4 aliphatic rings. The van der Waals surface area contributed by atoms with Crippen molar-refractivity contribution in [1.82, 2.24) is 4.90 Å². The second-order valence-corrected chi connectivity index (χ2v) is 13.2. The number of benzene rings is 2. The SMILES string of the molecule is CC(=O)N1CCC2(CC1)c1cc(C#C[C@H]3C[C@H](CO)[C@@H](O)[C@H](O)[C@@H]3O)ccc1-c1ccc(C#C[C@H]3O[C@H](CO)[C@@H](O)[C@H](O)[C@@H]3O)cc12. The molecule has 0 bridgehead atoms. The Labute approximate surface area is 273 Å². The predicted molar refractivity (Wildman–Crippen MR) is 168 cm³/mol. The van der Waals surface area contributed by atoms with E-state index in [0.29, 0.717) is 37.1 Å². The van der Waals surface area contributed by atoms with Gasteiger partial charge in [0.15, 0.2) is 0 Å². The number of carbonyl (C=O) groups is 1. The van der Waals surface area contributed by atoms with Crippen LogP contribution in [0.3, 0.4) is 0 Å². The summed E-state index contributed by atoms with van der Waals surface area (Å²) in [5.74, 6) is 10.9. The lowest BCUT2D eigenvalue weighted by atomic mass is 9.70. The van der Waals surface area contributed by atoms with E-state index in [0.717, 1.165) is 22.3 Å². The van der Waals surface area contributed by atoms with Crippen LogP contribution in [0.5, 0.6) is 0 Å². The molecule has 11 nitrogen and oxygen atoms in total. The van der Waals surface area contributed by atoms with Crippen LogP contribution in [0.1, 0.15) is 48.4 Å². The van der Waals surface area contributed by atoms with Gasteiger partial charge in [0.05, 0.1) is 18.8 Å². The van der Waals surface area contributed by atoms with Crippen LogP contribution in [0.2, 0.25) is 0 Å². The lowest BCUT2D eigenvalue weighted by molar-refractivity contribution is -0.214. The van der Waals surface area contributed by atoms with Crippen molar-refractivity contribution in [2.75, 3.05) is 26.3 Å². The molecule has 2 aromatic rings. The van der Waals surface area contributed by atoms with Gasteiger partial charge in [0.1, 0.15) is 36.6 Å². The van der Waals surface area contributed by atoms with Gasteiger partial charge >= 0.3 is 0 Å². The quantitative estimate of drug-likeness (QED) is 0.185. The first-order valence-corrected chi connectivity index (χ1v) is 16.0. The molecule has 2 aliphatic heterocycles. The average molecular weight is 648 g/mol. The summed E-state index contributed by atoms with van der Waals surface area (Å²) in [6.45, 7) is 1.81. The molecule has 2 heterocycles. The maximum Gasteiger partial charge on any atom is 0.219 e. The number of ether oxygens (including phenoxy) is 1. The molecular weight excluding hydrogens is 606 g/mol. The molecule has 1 amide bonds. The number of aliphatic hydroxyl groups excluding tert-OH is 8. The standard InChI is InChI=1S/C36H41NO10/c1-19(40)37-12-10-36(11-13-37)26-14-20(2-6-22-16-23(17-38)31(42)34(45)30(22)41)3-7-24(26)25-8-4-21(15-27(25)36)5-9-28-32(43)35(46)33(44)29(18-39)47-28/h3-4,7-8,14-15,22-23,28-35,38-39,41-46H,10-13,16-18H2,1H3/t22-,23+,28+,29+,30+,31+,32+,33+,34+,35+/m0/s1. The van der Waals surface area contributed by atoms with Crippen molar-refractivity contribution in [2.24, 2.45) is 11.8 Å². The highest BCUT2D eigenvalue weighted by Crippen LogP contribution is 2.54. The van der Waals surface area contributed by atoms with Crippen molar-refractivity contribution in [1.29, 1.82) is 0 Å². The average Bonchev–Trinajstić information content (AvgIpc) is 3.33. The van der Waals surface area contributed by atoms with Gasteiger partial charge < -0.3 is 50.5 Å². The highest BCUT2D eigenvalue weighted by atomic mass is 16.5. The van der Waals surface area contributed by atoms with Crippen LogP contribution < -0.4 is 0 Å². The molecule has 11 heteroatoms. The summed E-state index contributed by atoms with van der Waals surface area (Å²) >= 11 is 0. The predicted octanol–water partition coefficient (Wildman–Crippen LogP) is -1.15. The molecule has 1 spiro atoms. The lowest BCUT2D eigenvalue weighted by Gasteiger charge is -2.40. The van der Waals surface area contributed by atoms with E-state index in [4.69, 9.17) is 4.74 Å². The van der Waals surface area contributed by atoms with Gasteiger partial charge in [-0.05, 0) is 65.8 Å². The summed E-state index contributed by atoms with van der Waals surface area (Å²) in [5.41, 5.74) is 5.09. The van der Waals surface area contributed by atoms with Gasteiger partial charge in [0, 0.05) is 55.0 Å². The first-order chi connectivity index (χ1) is 22.5. The lowest BCUT2D eigenvalue weighted by Crippen LogP contribution is -2.58. The van der Waals surface area contributed by atoms with E-state index < -0.39 is 72.7 Å². The number of aliphatic hydroxyl groups is 8. The fraction of sp³-hybridized carbons (Fsp3) is 0.528. The van der Waals surface area contributed by atoms with Crippen LogP contribution in [-0.2, 0) is 14.9 Å². The Balaban J connectivity index is 1.34. The Morgan fingerprint density at radius 3 is 1.91 bits per heavy atom. The van der Waals surface area contributed by atoms with Gasteiger partial charge in [0.2, 0.25) is 5.91 Å². The third-order valence-electron chi connectivity index (χ3n) is 10.5. The number of hydrogen-bond donors (Lipinski definition) is 8. The Bertz CT molecular complexity index is 1520. The Kier molecular flexibility index (Phi) is 9.49. The van der Waals surface area contributed by atoms with Gasteiger partial charge in [-0.3, -0.25) is 4.79 Å². The largest absolute Gasteiger partial charge is 0.396 e. The molecule has 6 rings (SSSR count). The third-order valence-corrected chi connectivity index (χ3v) is 10.5. The van der Waals surface area contributed by atoms with Gasteiger partial charge in [-0.1, -0.05) is 35.8 Å². The van der Waals surface area contributed by atoms with Crippen molar-refractivity contribution < 1.29 is 50.4 Å². The molecule has 8 N–H and O–H groups in total. The second kappa shape index (κ2) is 13.3. The van der Waals surface area contributed by atoms with Crippen molar-refractivity contribution in [3.05, 3.63) is 58.7 Å². The van der Waals surface area contributed by atoms with Gasteiger partial charge in [-0.2, -0.15) is 0 Å². The Morgan fingerprint density at radius 2 is 1.36 bits per heavy atom. The summed E-state index contributed by atoms with van der Waals surface area (Å²) in [6, 6.07) is 11.8. The fourth-order valence-electron chi connectivity index (χ4n) is 7.59. The molecule has 47 heavy (non-hydrogen) atoms. The minimum absolute atomic E-state index is 0.0107. The molecule has 250 valence electrons. The van der Waals surface area contributed by atoms with Gasteiger partial charge in [0.25, 0.3) is 0 Å². The van der Waals surface area contributed by atoms with Crippen molar-refractivity contribution in [2.45, 2.75) is 80.4 Å². The molecule has 2 saturated heterocycles. The number of hydrogen-bond acceptors (Lipinski definition) is 10. The van der Waals surface area contributed by atoms with E-state index >= 15 is 0 Å². The molecule has 0 unspecified atom stereocenters. The number of carbonyl (C=O) groups excluding carboxylic acids is 1. The molecule has 1 saturated carbocycles. The number of likely N-dealkylation sites (tertiary alicyclic amines) is 1. The monoisotopic (exact) mass is 647 g/mol. The Hall–Kier alpha value is -3.33. The summed E-state index contributed by atoms with van der Waals surface area (Å²) in [5, 5.41) is 80.9. The number of piperidine rings is 1. The minimum Gasteiger partial charge on any atom is -0.396 e. The molecule has 2 aromatic carbocycles. The summed E-state index contributed by atoms with van der Waals surface area (Å²) < 4.78 is 5.56. The molecule has 3 fully saturated rings. The summed E-state index contributed by atoms with van der Waals surface area (Å²) in [4.78, 5) is 14.1. The van der Waals surface area contributed by atoms with Crippen LogP contribution in [-0.4, -0.2) is 127 Å². The molecule has 0 radical (unpaired) electrons. The molecular formula is C36H41NO10. The zero-order valence-corrected chi connectivity index (χ0v) is 26.0. The number of fused-ring (bicyclic) bond motifs is 5. The maximum absolute atomic E-state index is 12.2. The number of amides is 1. The van der Waals surface area contributed by atoms with E-state index in [1.165, 1.54) is 0 Å². The summed E-state index contributed by atoms with van der Waals surface area (Å²) in [7, 11) is 0. The van der Waals surface area contributed by atoms with Crippen molar-refractivity contribution >= 4 is 5.91 Å². The zero-order chi connectivity index (χ0) is 33.6. The first kappa shape index (κ1) is 33.6. The van der Waals surface area contributed by atoms with Gasteiger partial charge in [-0.15, -0.1) is 0 Å². The number of rotatable bonds is 2. The van der Waals surface area contributed by atoms with Crippen LogP contribution >= 0.6 is 0 Å². The fourth-order valence-corrected chi connectivity index (χ4v) is 7.59.